The van der Waals surface area contributed by atoms with Crippen molar-refractivity contribution in [2.75, 3.05) is 20.4 Å². The summed E-state index contributed by atoms with van der Waals surface area (Å²) in [6, 6.07) is 9.63. The number of benzene rings is 2. The van der Waals surface area contributed by atoms with E-state index < -0.39 is 30.3 Å². The minimum Gasteiger partial charge on any atom is -0.493 e. The maximum absolute atomic E-state index is 14.6. The lowest BCUT2D eigenvalue weighted by Gasteiger charge is -2.17. The van der Waals surface area contributed by atoms with Gasteiger partial charge in [0.2, 0.25) is 0 Å². The van der Waals surface area contributed by atoms with Gasteiger partial charge in [0.25, 0.3) is 0 Å². The number of alkyl halides is 1. The Labute approximate surface area is 194 Å². The number of hydrogen-bond acceptors (Lipinski definition) is 7. The smallest absolute Gasteiger partial charge is 0.368 e. The van der Waals surface area contributed by atoms with Gasteiger partial charge in [-0.05, 0) is 60.0 Å². The lowest BCUT2D eigenvalue weighted by molar-refractivity contribution is -0.147. The van der Waals surface area contributed by atoms with Crippen molar-refractivity contribution < 1.29 is 27.8 Å². The molecule has 3 rings (SSSR count). The van der Waals surface area contributed by atoms with E-state index in [0.717, 1.165) is 26.6 Å². The number of aromatic nitrogens is 4. The highest BCUT2D eigenvalue weighted by atomic mass is 19.1. The molecule has 0 aliphatic heterocycles. The van der Waals surface area contributed by atoms with Gasteiger partial charge < -0.3 is 14.2 Å². The van der Waals surface area contributed by atoms with E-state index in [-0.39, 0.29) is 31.0 Å². The molecule has 0 saturated heterocycles. The second-order valence-corrected chi connectivity index (χ2v) is 7.55. The van der Waals surface area contributed by atoms with Crippen LogP contribution in [-0.4, -0.2) is 52.3 Å². The van der Waals surface area contributed by atoms with Crippen molar-refractivity contribution in [3.05, 3.63) is 63.8 Å². The first-order chi connectivity index (χ1) is 16.3. The summed E-state index contributed by atoms with van der Waals surface area (Å²) in [5, 5.41) is 7.30. The van der Waals surface area contributed by atoms with E-state index in [1.807, 2.05) is 25.1 Å². The van der Waals surface area contributed by atoms with Crippen LogP contribution < -0.4 is 15.2 Å². The molecule has 1 heterocycles. The van der Waals surface area contributed by atoms with Crippen LogP contribution in [0.5, 0.6) is 11.5 Å². The molecule has 0 N–H and O–H groups in total. The third-order valence-corrected chi connectivity index (χ3v) is 4.99. The van der Waals surface area contributed by atoms with Gasteiger partial charge in [-0.3, -0.25) is 4.39 Å². The highest BCUT2D eigenvalue weighted by Crippen LogP contribution is 2.24. The Morgan fingerprint density at radius 1 is 1.18 bits per heavy atom. The first-order valence-electron chi connectivity index (χ1n) is 10.7. The summed E-state index contributed by atoms with van der Waals surface area (Å²) in [5.41, 5.74) is 1.03. The molecule has 3 aromatic rings. The van der Waals surface area contributed by atoms with Gasteiger partial charge >= 0.3 is 11.7 Å². The molecule has 0 bridgehead atoms. The molecule has 0 aliphatic rings. The quantitative estimate of drug-likeness (QED) is 0.393. The Kier molecular flexibility index (Phi) is 8.34. The van der Waals surface area contributed by atoms with Gasteiger partial charge in [0.1, 0.15) is 17.2 Å². The lowest BCUT2D eigenvalue weighted by Crippen LogP contribution is -2.25. The molecule has 0 amide bonds. The zero-order valence-electron chi connectivity index (χ0n) is 19.2. The SMILES string of the molecule is COC(=O)C(C)Oc1cc(C)ccc1CCOc1ccc(-n2nnn(CCCF)c2=O)c(F)c1. The summed E-state index contributed by atoms with van der Waals surface area (Å²) in [6.07, 6.45) is -0.218. The highest BCUT2D eigenvalue weighted by molar-refractivity contribution is 5.74. The van der Waals surface area contributed by atoms with Crippen LogP contribution in [0.1, 0.15) is 24.5 Å². The number of rotatable bonds is 11. The van der Waals surface area contributed by atoms with E-state index in [4.69, 9.17) is 14.2 Å². The summed E-state index contributed by atoms with van der Waals surface area (Å²) in [7, 11) is 1.29. The van der Waals surface area contributed by atoms with Crippen LogP contribution >= 0.6 is 0 Å². The second-order valence-electron chi connectivity index (χ2n) is 7.55. The maximum Gasteiger partial charge on any atom is 0.368 e. The molecule has 0 radical (unpaired) electrons. The van der Waals surface area contributed by atoms with E-state index in [1.165, 1.54) is 19.2 Å². The van der Waals surface area contributed by atoms with Gasteiger partial charge in [-0.25, -0.2) is 14.0 Å². The van der Waals surface area contributed by atoms with Crippen molar-refractivity contribution in [1.29, 1.82) is 0 Å². The number of carbonyl (C=O) groups is 1. The fourth-order valence-corrected chi connectivity index (χ4v) is 3.19. The largest absolute Gasteiger partial charge is 0.493 e. The molecule has 11 heteroatoms. The van der Waals surface area contributed by atoms with Crippen LogP contribution in [-0.2, 0) is 22.5 Å². The van der Waals surface area contributed by atoms with Crippen LogP contribution in [0.25, 0.3) is 5.69 Å². The van der Waals surface area contributed by atoms with Crippen molar-refractivity contribution in [3.63, 3.8) is 0 Å². The minimum absolute atomic E-state index is 0.0568. The van der Waals surface area contributed by atoms with Crippen LogP contribution in [0.4, 0.5) is 8.78 Å². The molecular formula is C23H26F2N4O5. The van der Waals surface area contributed by atoms with Crippen LogP contribution in [0.2, 0.25) is 0 Å². The van der Waals surface area contributed by atoms with Gasteiger partial charge in [0, 0.05) is 12.5 Å². The molecule has 1 aromatic heterocycles. The Bertz CT molecular complexity index is 1190. The van der Waals surface area contributed by atoms with Gasteiger partial charge in [0.15, 0.2) is 11.9 Å². The molecular weight excluding hydrogens is 450 g/mol. The summed E-state index contributed by atoms with van der Waals surface area (Å²) < 4.78 is 44.9. The molecule has 34 heavy (non-hydrogen) atoms. The fraction of sp³-hybridized carbons (Fsp3) is 0.391. The summed E-state index contributed by atoms with van der Waals surface area (Å²) in [5.74, 6) is -0.404. The number of nitrogens with zero attached hydrogens (tertiary/aromatic N) is 4. The maximum atomic E-state index is 14.6. The van der Waals surface area contributed by atoms with E-state index in [0.29, 0.717) is 12.2 Å². The lowest BCUT2D eigenvalue weighted by atomic mass is 10.1. The molecule has 0 aliphatic carbocycles. The number of methoxy groups -OCH3 is 1. The molecule has 1 atom stereocenters. The molecule has 0 fully saturated rings. The minimum atomic E-state index is -0.772. The van der Waals surface area contributed by atoms with E-state index >= 15 is 0 Å². The van der Waals surface area contributed by atoms with Crippen molar-refractivity contribution in [2.24, 2.45) is 0 Å². The number of tetrazole rings is 1. The first kappa shape index (κ1) is 24.9. The standard InChI is InChI=1S/C23H26F2N4O5/c1-15-5-6-17(21(13-15)34-16(2)22(30)32-3)9-12-33-18-7-8-20(19(25)14-18)29-23(31)28(26-27-29)11-4-10-24/h5-8,13-14,16H,4,9-12H2,1-3H3. The van der Waals surface area contributed by atoms with Gasteiger partial charge in [-0.15, -0.1) is 0 Å². The molecule has 0 spiro atoms. The number of ether oxygens (including phenoxy) is 3. The zero-order valence-corrected chi connectivity index (χ0v) is 19.2. The second kappa shape index (κ2) is 11.4. The summed E-state index contributed by atoms with van der Waals surface area (Å²) in [4.78, 5) is 24.0. The predicted octanol–water partition coefficient (Wildman–Crippen LogP) is 2.80. The molecule has 9 nitrogen and oxygen atoms in total. The van der Waals surface area contributed by atoms with Crippen molar-refractivity contribution in [1.82, 2.24) is 19.8 Å². The van der Waals surface area contributed by atoms with Gasteiger partial charge in [0.05, 0.1) is 26.9 Å². The molecule has 0 saturated carbocycles. The number of hydrogen-bond donors (Lipinski definition) is 0. The summed E-state index contributed by atoms with van der Waals surface area (Å²) in [6.45, 7) is 3.18. The van der Waals surface area contributed by atoms with Crippen molar-refractivity contribution >= 4 is 5.97 Å². The first-order valence-corrected chi connectivity index (χ1v) is 10.7. The number of aryl methyl sites for hydroxylation is 2. The average Bonchev–Trinajstić information content (AvgIpc) is 3.18. The van der Waals surface area contributed by atoms with Crippen LogP contribution in [0.3, 0.4) is 0 Å². The Morgan fingerprint density at radius 2 is 1.97 bits per heavy atom. The average molecular weight is 476 g/mol. The van der Waals surface area contributed by atoms with Crippen molar-refractivity contribution in [3.8, 4) is 17.2 Å². The normalized spacial score (nSPS) is 11.8. The van der Waals surface area contributed by atoms with E-state index in [9.17, 15) is 18.4 Å². The van der Waals surface area contributed by atoms with Crippen LogP contribution in [0, 0.1) is 12.7 Å². The Hall–Kier alpha value is -3.76. The predicted molar refractivity (Wildman–Crippen MR) is 119 cm³/mol. The van der Waals surface area contributed by atoms with Crippen LogP contribution in [0.15, 0.2) is 41.2 Å². The molecule has 182 valence electrons. The number of halogens is 2. The Balaban J connectivity index is 1.66. The van der Waals surface area contributed by atoms with E-state index in [2.05, 4.69) is 10.4 Å². The fourth-order valence-electron chi connectivity index (χ4n) is 3.19. The zero-order chi connectivity index (χ0) is 24.7. The molecule has 2 aromatic carbocycles. The highest BCUT2D eigenvalue weighted by Gasteiger charge is 2.17. The van der Waals surface area contributed by atoms with Crippen molar-refractivity contribution in [2.45, 2.75) is 39.3 Å². The monoisotopic (exact) mass is 476 g/mol. The summed E-state index contributed by atoms with van der Waals surface area (Å²) >= 11 is 0. The molecule has 1 unspecified atom stereocenters. The number of esters is 1. The van der Waals surface area contributed by atoms with E-state index in [1.54, 1.807) is 6.92 Å². The topological polar surface area (TPSA) is 97.5 Å². The third kappa shape index (κ3) is 5.97. The Morgan fingerprint density at radius 3 is 2.68 bits per heavy atom. The van der Waals surface area contributed by atoms with Gasteiger partial charge in [-0.2, -0.15) is 9.36 Å². The third-order valence-electron chi connectivity index (χ3n) is 4.99. The number of carbonyl (C=O) groups excluding carboxylic acids is 1. The van der Waals surface area contributed by atoms with Gasteiger partial charge in [-0.1, -0.05) is 12.1 Å².